The van der Waals surface area contributed by atoms with Crippen LogP contribution in [0.5, 0.6) is 5.75 Å². The Morgan fingerprint density at radius 3 is 2.95 bits per heavy atom. The van der Waals surface area contributed by atoms with E-state index in [1.54, 1.807) is 18.4 Å². The molecule has 0 saturated heterocycles. The van der Waals surface area contributed by atoms with Gasteiger partial charge in [-0.15, -0.1) is 11.3 Å². The molecule has 2 rings (SSSR count). The van der Waals surface area contributed by atoms with E-state index in [1.807, 2.05) is 11.6 Å². The van der Waals surface area contributed by atoms with Gasteiger partial charge < -0.3 is 10.1 Å². The normalized spacial score (nSPS) is 12.6. The van der Waals surface area contributed by atoms with Gasteiger partial charge in [0.2, 0.25) is 0 Å². The summed E-state index contributed by atoms with van der Waals surface area (Å²) in [7, 11) is 1.70. The third-order valence-electron chi connectivity index (χ3n) is 3.00. The number of nitrogens with zero attached hydrogens (tertiary/aromatic N) is 2. The maximum absolute atomic E-state index is 5.28. The number of rotatable bonds is 7. The Morgan fingerprint density at radius 1 is 1.47 bits per heavy atom. The fraction of sp³-hybridized carbons (Fsp3) is 0.500. The highest BCUT2D eigenvalue weighted by Crippen LogP contribution is 2.31. The van der Waals surface area contributed by atoms with Gasteiger partial charge in [0.25, 0.3) is 0 Å². The number of ether oxygens (including phenoxy) is 1. The van der Waals surface area contributed by atoms with E-state index in [0.29, 0.717) is 0 Å². The molecule has 1 atom stereocenters. The molecule has 2 heterocycles. The Bertz CT molecular complexity index is 506. The van der Waals surface area contributed by atoms with E-state index in [-0.39, 0.29) is 6.04 Å². The lowest BCUT2D eigenvalue weighted by Crippen LogP contribution is -2.24. The molecule has 0 aliphatic carbocycles. The van der Waals surface area contributed by atoms with E-state index < -0.39 is 0 Å². The van der Waals surface area contributed by atoms with Crippen LogP contribution >= 0.6 is 11.3 Å². The predicted octanol–water partition coefficient (Wildman–Crippen LogP) is 3.06. The summed E-state index contributed by atoms with van der Waals surface area (Å²) in [4.78, 5) is 1.26. The summed E-state index contributed by atoms with van der Waals surface area (Å²) in [6.45, 7) is 6.16. The quantitative estimate of drug-likeness (QED) is 0.846. The van der Waals surface area contributed by atoms with Gasteiger partial charge in [-0.1, -0.05) is 13.8 Å². The topological polar surface area (TPSA) is 39.1 Å². The van der Waals surface area contributed by atoms with E-state index in [1.165, 1.54) is 10.6 Å². The van der Waals surface area contributed by atoms with Gasteiger partial charge in [0.15, 0.2) is 0 Å². The molecule has 0 bridgehead atoms. The molecule has 4 nitrogen and oxygen atoms in total. The Labute approximate surface area is 118 Å². The van der Waals surface area contributed by atoms with E-state index in [2.05, 4.69) is 41.1 Å². The standard InChI is InChI=1S/C14H21N3OS/c1-4-8-17-12(6-7-16-17)14(15-5-2)13-9-11(18-3)10-19-13/h6-7,9-10,14-15H,4-5,8H2,1-3H3. The highest BCUT2D eigenvalue weighted by atomic mass is 32.1. The number of aryl methyl sites for hydroxylation is 1. The van der Waals surface area contributed by atoms with Gasteiger partial charge in [-0.3, -0.25) is 4.68 Å². The summed E-state index contributed by atoms with van der Waals surface area (Å²) in [6.07, 6.45) is 2.96. The van der Waals surface area contributed by atoms with Gasteiger partial charge in [-0.25, -0.2) is 0 Å². The molecule has 0 aliphatic heterocycles. The second-order valence-corrected chi connectivity index (χ2v) is 5.30. The van der Waals surface area contributed by atoms with Crippen LogP contribution in [0.1, 0.15) is 36.9 Å². The molecule has 1 unspecified atom stereocenters. The SMILES string of the molecule is CCCn1nccc1C(NCC)c1cc(OC)cs1. The molecule has 2 aromatic rings. The second kappa shape index (κ2) is 6.73. The van der Waals surface area contributed by atoms with Crippen LogP contribution in [0.15, 0.2) is 23.7 Å². The monoisotopic (exact) mass is 279 g/mol. The number of aromatic nitrogens is 2. The number of methoxy groups -OCH3 is 1. The van der Waals surface area contributed by atoms with Crippen LogP contribution in [-0.2, 0) is 6.54 Å². The van der Waals surface area contributed by atoms with Crippen LogP contribution in [0, 0.1) is 0 Å². The molecule has 19 heavy (non-hydrogen) atoms. The molecule has 0 amide bonds. The lowest BCUT2D eigenvalue weighted by molar-refractivity contribution is 0.416. The first-order valence-corrected chi connectivity index (χ1v) is 7.55. The van der Waals surface area contributed by atoms with Crippen molar-refractivity contribution in [1.29, 1.82) is 0 Å². The van der Waals surface area contributed by atoms with Crippen LogP contribution in [0.2, 0.25) is 0 Å². The average molecular weight is 279 g/mol. The minimum Gasteiger partial charge on any atom is -0.496 e. The lowest BCUT2D eigenvalue weighted by Gasteiger charge is -2.18. The first-order chi connectivity index (χ1) is 9.30. The van der Waals surface area contributed by atoms with Crippen LogP contribution in [-0.4, -0.2) is 23.4 Å². The van der Waals surface area contributed by atoms with Gasteiger partial charge >= 0.3 is 0 Å². The van der Waals surface area contributed by atoms with E-state index >= 15 is 0 Å². The number of hydrogen-bond acceptors (Lipinski definition) is 4. The smallest absolute Gasteiger partial charge is 0.129 e. The van der Waals surface area contributed by atoms with Crippen LogP contribution in [0.3, 0.4) is 0 Å². The Kier molecular flexibility index (Phi) is 4.99. The highest BCUT2D eigenvalue weighted by Gasteiger charge is 2.19. The van der Waals surface area contributed by atoms with Crippen molar-refractivity contribution in [1.82, 2.24) is 15.1 Å². The van der Waals surface area contributed by atoms with Crippen LogP contribution < -0.4 is 10.1 Å². The average Bonchev–Trinajstić information content (AvgIpc) is 3.05. The van der Waals surface area contributed by atoms with Gasteiger partial charge in [-0.2, -0.15) is 5.10 Å². The van der Waals surface area contributed by atoms with Crippen LogP contribution in [0.25, 0.3) is 0 Å². The highest BCUT2D eigenvalue weighted by molar-refractivity contribution is 7.10. The summed E-state index contributed by atoms with van der Waals surface area (Å²) in [5.41, 5.74) is 1.22. The minimum atomic E-state index is 0.188. The largest absolute Gasteiger partial charge is 0.496 e. The van der Waals surface area contributed by atoms with Gasteiger partial charge in [0.1, 0.15) is 5.75 Å². The Balaban J connectivity index is 2.30. The molecule has 0 aliphatic rings. The molecule has 0 aromatic carbocycles. The van der Waals surface area contributed by atoms with Crippen molar-refractivity contribution < 1.29 is 4.74 Å². The third-order valence-corrected chi connectivity index (χ3v) is 3.98. The first kappa shape index (κ1) is 14.1. The zero-order valence-corrected chi connectivity index (χ0v) is 12.5. The van der Waals surface area contributed by atoms with Gasteiger partial charge in [0, 0.05) is 23.0 Å². The number of thiophene rings is 1. The predicted molar refractivity (Wildman–Crippen MR) is 78.9 cm³/mol. The van der Waals surface area contributed by atoms with Crippen molar-refractivity contribution in [3.63, 3.8) is 0 Å². The Hall–Kier alpha value is -1.33. The molecule has 104 valence electrons. The molecular weight excluding hydrogens is 258 g/mol. The summed E-state index contributed by atoms with van der Waals surface area (Å²) in [5, 5.41) is 9.99. The lowest BCUT2D eigenvalue weighted by atomic mass is 10.1. The summed E-state index contributed by atoms with van der Waals surface area (Å²) >= 11 is 1.72. The van der Waals surface area contributed by atoms with Crippen molar-refractivity contribution in [3.05, 3.63) is 34.3 Å². The molecule has 1 N–H and O–H groups in total. The first-order valence-electron chi connectivity index (χ1n) is 6.67. The van der Waals surface area contributed by atoms with Gasteiger partial charge in [-0.05, 0) is 25.1 Å². The fourth-order valence-electron chi connectivity index (χ4n) is 2.13. The minimum absolute atomic E-state index is 0.188. The van der Waals surface area contributed by atoms with E-state index in [4.69, 9.17) is 4.74 Å². The number of nitrogens with one attached hydrogen (secondary N) is 1. The summed E-state index contributed by atoms with van der Waals surface area (Å²) in [5.74, 6) is 0.921. The summed E-state index contributed by atoms with van der Waals surface area (Å²) in [6, 6.07) is 4.38. The second-order valence-electron chi connectivity index (χ2n) is 4.36. The number of hydrogen-bond donors (Lipinski definition) is 1. The molecular formula is C14H21N3OS. The molecule has 2 aromatic heterocycles. The van der Waals surface area contributed by atoms with Gasteiger partial charge in [0.05, 0.1) is 18.8 Å². The zero-order valence-electron chi connectivity index (χ0n) is 11.7. The summed E-state index contributed by atoms with van der Waals surface area (Å²) < 4.78 is 7.36. The van der Waals surface area contributed by atoms with E-state index in [0.717, 1.165) is 25.3 Å². The maximum atomic E-state index is 5.28. The van der Waals surface area contributed by atoms with Crippen molar-refractivity contribution in [3.8, 4) is 5.75 Å². The van der Waals surface area contributed by atoms with Crippen LogP contribution in [0.4, 0.5) is 0 Å². The van der Waals surface area contributed by atoms with Crippen molar-refractivity contribution in [2.75, 3.05) is 13.7 Å². The molecule has 0 radical (unpaired) electrons. The van der Waals surface area contributed by atoms with Crippen molar-refractivity contribution in [2.45, 2.75) is 32.9 Å². The van der Waals surface area contributed by atoms with Crippen molar-refractivity contribution >= 4 is 11.3 Å². The molecule has 0 fully saturated rings. The maximum Gasteiger partial charge on any atom is 0.129 e. The molecule has 5 heteroatoms. The van der Waals surface area contributed by atoms with E-state index in [9.17, 15) is 0 Å². The third kappa shape index (κ3) is 3.16. The molecule has 0 saturated carbocycles. The Morgan fingerprint density at radius 2 is 2.32 bits per heavy atom. The molecule has 0 spiro atoms. The zero-order chi connectivity index (χ0) is 13.7. The van der Waals surface area contributed by atoms with Crippen molar-refractivity contribution in [2.24, 2.45) is 0 Å². The fourth-order valence-corrected chi connectivity index (χ4v) is 3.08.